The van der Waals surface area contributed by atoms with Crippen LogP contribution in [-0.4, -0.2) is 21.6 Å². The Morgan fingerprint density at radius 1 is 1.37 bits per heavy atom. The Morgan fingerprint density at radius 3 is 2.68 bits per heavy atom. The second kappa shape index (κ2) is 6.83. The summed E-state index contributed by atoms with van der Waals surface area (Å²) in [6, 6.07) is 0. The predicted octanol–water partition coefficient (Wildman–Crippen LogP) is 2.62. The summed E-state index contributed by atoms with van der Waals surface area (Å²) in [7, 11) is 0. The monoisotopic (exact) mass is 280 g/mol. The zero-order chi connectivity index (χ0) is 14.4. The van der Waals surface area contributed by atoms with E-state index in [0.717, 1.165) is 25.7 Å². The second-order valence-electron chi connectivity index (χ2n) is 4.53. The number of hydrogen-bond acceptors (Lipinski definition) is 4. The molecule has 0 saturated heterocycles. The average molecular weight is 280 g/mol. The minimum Gasteiger partial charge on any atom is -0.427 e. The number of carbonyl (C=O) groups excluding carboxylic acids is 1. The summed E-state index contributed by atoms with van der Waals surface area (Å²) in [5.74, 6) is 3.50. The lowest BCUT2D eigenvalue weighted by Crippen LogP contribution is -2.51. The Hall–Kier alpha value is -1.18. The number of thiol groups is 1. The van der Waals surface area contributed by atoms with Gasteiger partial charge in [0.25, 0.3) is 5.79 Å². The van der Waals surface area contributed by atoms with Crippen molar-refractivity contribution in [1.82, 2.24) is 0 Å². The summed E-state index contributed by atoms with van der Waals surface area (Å²) < 4.78 is 3.76. The molecule has 0 aromatic rings. The second-order valence-corrected chi connectivity index (χ2v) is 5.24. The highest BCUT2D eigenvalue weighted by Gasteiger charge is 2.48. The van der Waals surface area contributed by atoms with E-state index in [0.29, 0.717) is 0 Å². The van der Waals surface area contributed by atoms with Crippen LogP contribution in [0.25, 0.3) is 0 Å². The molecule has 104 valence electrons. The topological polar surface area (TPSA) is 46.5 Å². The maximum atomic E-state index is 11.1. The van der Waals surface area contributed by atoms with E-state index in [4.69, 9.17) is 4.74 Å². The van der Waals surface area contributed by atoms with Gasteiger partial charge in [0.15, 0.2) is 4.75 Å². The van der Waals surface area contributed by atoms with Crippen LogP contribution in [0.5, 0.6) is 0 Å². The normalized spacial score (nSPS) is 28.6. The number of ether oxygens (including phenoxy) is 1. The molecule has 0 radical (unpaired) electrons. The molecule has 0 bridgehead atoms. The zero-order valence-electron chi connectivity index (χ0n) is 11.3. The molecule has 0 aromatic carbocycles. The summed E-state index contributed by atoms with van der Waals surface area (Å²) in [6.45, 7) is 3.37. The third kappa shape index (κ3) is 4.15. The van der Waals surface area contributed by atoms with Gasteiger partial charge in [0.05, 0.1) is 0 Å². The Morgan fingerprint density at radius 2 is 2.05 bits per heavy atom. The van der Waals surface area contributed by atoms with Gasteiger partial charge in [-0.15, -0.1) is 18.5 Å². The molecule has 19 heavy (non-hydrogen) atoms. The molecule has 1 aliphatic carbocycles. The van der Waals surface area contributed by atoms with Crippen molar-refractivity contribution in [2.45, 2.75) is 50.1 Å². The Bertz CT molecular complexity index is 444. The SMILES string of the molecule is CCCCCC#C[C@@]1(S)C=CC=C[C@@]1(O)OC(C)=O. The van der Waals surface area contributed by atoms with Crippen molar-refractivity contribution < 1.29 is 14.6 Å². The minimum atomic E-state index is -1.82. The quantitative estimate of drug-likeness (QED) is 0.274. The molecule has 0 heterocycles. The number of unbranched alkanes of at least 4 members (excludes halogenated alkanes) is 3. The van der Waals surface area contributed by atoms with Gasteiger partial charge in [-0.3, -0.25) is 4.79 Å². The van der Waals surface area contributed by atoms with Crippen LogP contribution < -0.4 is 0 Å². The van der Waals surface area contributed by atoms with Crippen molar-refractivity contribution in [3.63, 3.8) is 0 Å². The molecule has 0 unspecified atom stereocenters. The maximum absolute atomic E-state index is 11.1. The Kier molecular flexibility index (Phi) is 5.71. The van der Waals surface area contributed by atoms with Crippen molar-refractivity contribution in [1.29, 1.82) is 0 Å². The lowest BCUT2D eigenvalue weighted by molar-refractivity contribution is -0.190. The van der Waals surface area contributed by atoms with Gasteiger partial charge in [0.1, 0.15) is 0 Å². The molecule has 0 spiro atoms. The highest BCUT2D eigenvalue weighted by molar-refractivity contribution is 7.82. The van der Waals surface area contributed by atoms with Crippen molar-refractivity contribution >= 4 is 18.6 Å². The Balaban J connectivity index is 2.83. The number of carbonyl (C=O) groups is 1. The fourth-order valence-corrected chi connectivity index (χ4v) is 2.04. The van der Waals surface area contributed by atoms with E-state index < -0.39 is 16.5 Å². The van der Waals surface area contributed by atoms with Crippen molar-refractivity contribution in [3.05, 3.63) is 24.3 Å². The average Bonchev–Trinajstić information content (AvgIpc) is 2.32. The number of hydrogen-bond donors (Lipinski definition) is 2. The molecule has 0 saturated carbocycles. The van der Waals surface area contributed by atoms with Crippen LogP contribution in [-0.2, 0) is 9.53 Å². The molecular formula is C15H20O3S. The van der Waals surface area contributed by atoms with Crippen LogP contribution in [0.3, 0.4) is 0 Å². The van der Waals surface area contributed by atoms with Crippen molar-refractivity contribution in [2.75, 3.05) is 0 Å². The highest BCUT2D eigenvalue weighted by Crippen LogP contribution is 2.35. The zero-order valence-corrected chi connectivity index (χ0v) is 12.2. The van der Waals surface area contributed by atoms with Gasteiger partial charge in [-0.05, 0) is 18.6 Å². The standard InChI is InChI=1S/C15H20O3S/c1-3-4-5-6-7-10-14(19)11-8-9-12-15(14,17)18-13(2)16/h8-9,11-12,17,19H,3-6H2,1-2H3/t14-,15-/m1/s1. The van der Waals surface area contributed by atoms with Gasteiger partial charge >= 0.3 is 5.97 Å². The molecule has 3 nitrogen and oxygen atoms in total. The fraction of sp³-hybridized carbons (Fsp3) is 0.533. The molecule has 0 fully saturated rings. The van der Waals surface area contributed by atoms with Gasteiger partial charge in [-0.1, -0.05) is 37.8 Å². The first-order valence-corrected chi connectivity index (χ1v) is 6.89. The van der Waals surface area contributed by atoms with Crippen LogP contribution in [0.1, 0.15) is 39.5 Å². The predicted molar refractivity (Wildman–Crippen MR) is 78.6 cm³/mol. The van der Waals surface area contributed by atoms with E-state index in [2.05, 4.69) is 31.4 Å². The van der Waals surface area contributed by atoms with Gasteiger partial charge in [0, 0.05) is 13.3 Å². The smallest absolute Gasteiger partial charge is 0.305 e. The van der Waals surface area contributed by atoms with Gasteiger partial charge in [-0.2, -0.15) is 0 Å². The number of esters is 1. The molecular weight excluding hydrogens is 260 g/mol. The van der Waals surface area contributed by atoms with Crippen LogP contribution >= 0.6 is 12.6 Å². The minimum absolute atomic E-state index is 0.575. The Labute approximate surface area is 120 Å². The van der Waals surface area contributed by atoms with E-state index in [1.807, 2.05) is 0 Å². The van der Waals surface area contributed by atoms with Crippen LogP contribution in [0, 0.1) is 11.8 Å². The van der Waals surface area contributed by atoms with E-state index >= 15 is 0 Å². The van der Waals surface area contributed by atoms with E-state index in [1.165, 1.54) is 13.0 Å². The number of aliphatic hydroxyl groups is 1. The van der Waals surface area contributed by atoms with Crippen molar-refractivity contribution in [2.24, 2.45) is 0 Å². The molecule has 1 rings (SSSR count). The summed E-state index contributed by atoms with van der Waals surface area (Å²) >= 11 is 4.39. The van der Waals surface area contributed by atoms with E-state index in [-0.39, 0.29) is 0 Å². The molecule has 4 heteroatoms. The number of allylic oxidation sites excluding steroid dienone is 2. The molecule has 1 aliphatic rings. The largest absolute Gasteiger partial charge is 0.427 e. The van der Waals surface area contributed by atoms with E-state index in [9.17, 15) is 9.90 Å². The lowest BCUT2D eigenvalue weighted by atomic mass is 9.92. The summed E-state index contributed by atoms with van der Waals surface area (Å²) in [5.41, 5.74) is 0. The fourth-order valence-electron chi connectivity index (χ4n) is 1.75. The molecule has 0 aliphatic heterocycles. The first kappa shape index (κ1) is 15.9. The lowest BCUT2D eigenvalue weighted by Gasteiger charge is -2.36. The number of rotatable bonds is 4. The van der Waals surface area contributed by atoms with Gasteiger partial charge in [-0.25, -0.2) is 0 Å². The van der Waals surface area contributed by atoms with Crippen LogP contribution in [0.4, 0.5) is 0 Å². The molecule has 0 aromatic heterocycles. The molecule has 2 atom stereocenters. The third-order valence-corrected chi connectivity index (χ3v) is 3.38. The summed E-state index contributed by atoms with van der Waals surface area (Å²) in [4.78, 5) is 11.1. The first-order chi connectivity index (χ1) is 8.93. The first-order valence-electron chi connectivity index (χ1n) is 6.45. The van der Waals surface area contributed by atoms with Gasteiger partial charge in [0.2, 0.25) is 0 Å². The summed E-state index contributed by atoms with van der Waals surface area (Å²) in [5, 5.41) is 10.4. The molecule has 0 amide bonds. The maximum Gasteiger partial charge on any atom is 0.305 e. The van der Waals surface area contributed by atoms with Gasteiger partial charge < -0.3 is 9.84 Å². The highest BCUT2D eigenvalue weighted by atomic mass is 32.1. The van der Waals surface area contributed by atoms with Crippen LogP contribution in [0.2, 0.25) is 0 Å². The van der Waals surface area contributed by atoms with E-state index in [1.54, 1.807) is 18.2 Å². The summed E-state index contributed by atoms with van der Waals surface area (Å²) in [6.07, 6.45) is 10.4. The van der Waals surface area contributed by atoms with Crippen LogP contribution in [0.15, 0.2) is 24.3 Å². The third-order valence-electron chi connectivity index (χ3n) is 2.80. The molecule has 1 N–H and O–H groups in total. The van der Waals surface area contributed by atoms with Crippen molar-refractivity contribution in [3.8, 4) is 11.8 Å².